The summed E-state index contributed by atoms with van der Waals surface area (Å²) in [7, 11) is 1.25. The summed E-state index contributed by atoms with van der Waals surface area (Å²) < 4.78 is 17.1. The second kappa shape index (κ2) is 12.0. The van der Waals surface area contributed by atoms with E-state index in [0.29, 0.717) is 25.5 Å². The quantitative estimate of drug-likeness (QED) is 0.167. The van der Waals surface area contributed by atoms with E-state index in [0.717, 1.165) is 5.56 Å². The minimum Gasteiger partial charge on any atom is -0.438 e. The fourth-order valence-corrected chi connectivity index (χ4v) is 6.31. The molecule has 2 N–H and O–H groups in total. The Morgan fingerprint density at radius 1 is 1.23 bits per heavy atom. The molecule has 39 heavy (non-hydrogen) atoms. The molecule has 9 heteroatoms. The van der Waals surface area contributed by atoms with Gasteiger partial charge in [-0.25, -0.2) is 4.79 Å². The fourth-order valence-electron chi connectivity index (χ4n) is 6.31. The zero-order chi connectivity index (χ0) is 29.0. The highest BCUT2D eigenvalue weighted by molar-refractivity contribution is 5.90. The molecule has 9 nitrogen and oxygen atoms in total. The van der Waals surface area contributed by atoms with Gasteiger partial charge in [-0.1, -0.05) is 56.3 Å². The predicted molar refractivity (Wildman–Crippen MR) is 144 cm³/mol. The minimum atomic E-state index is -1.73. The summed E-state index contributed by atoms with van der Waals surface area (Å²) in [5.41, 5.74) is -2.04. The van der Waals surface area contributed by atoms with Crippen LogP contribution in [0.1, 0.15) is 53.0 Å². The summed E-state index contributed by atoms with van der Waals surface area (Å²) in [6, 6.07) is 9.39. The molecule has 1 aromatic rings. The molecule has 1 aliphatic heterocycles. The van der Waals surface area contributed by atoms with Crippen LogP contribution in [0.5, 0.6) is 0 Å². The fraction of sp³-hybridized carbons (Fsp3) is 0.600. The third kappa shape index (κ3) is 6.25. The maximum atomic E-state index is 12.7. The number of epoxide rings is 1. The average molecular weight is 544 g/mol. The third-order valence-electron chi connectivity index (χ3n) is 8.71. The number of amides is 1. The largest absolute Gasteiger partial charge is 0.508 e. The van der Waals surface area contributed by atoms with Crippen molar-refractivity contribution in [1.82, 2.24) is 5.32 Å². The molecule has 0 bridgehead atoms. The molecule has 1 amide bonds. The minimum absolute atomic E-state index is 0.0845. The molecule has 2 aliphatic rings. The number of carbonyl (C=O) groups is 4. The monoisotopic (exact) mass is 543 g/mol. The van der Waals surface area contributed by atoms with E-state index in [4.69, 9.17) is 14.2 Å². The maximum Gasteiger partial charge on any atom is 0.508 e. The average Bonchev–Trinajstić information content (AvgIpc) is 3.61. The number of carbonyl (C=O) groups excluding carboxylic acids is 4. The van der Waals surface area contributed by atoms with Crippen LogP contribution in [-0.2, 0) is 35.0 Å². The summed E-state index contributed by atoms with van der Waals surface area (Å²) in [5, 5.41) is 13.3. The number of benzene rings is 1. The van der Waals surface area contributed by atoms with Gasteiger partial charge >= 0.3 is 6.16 Å². The number of allylic oxidation sites excluding steroid dienone is 1. The molecule has 3 rings (SSSR count). The van der Waals surface area contributed by atoms with Crippen molar-refractivity contribution < 1.29 is 38.5 Å². The highest BCUT2D eigenvalue weighted by Crippen LogP contribution is 2.63. The first kappa shape index (κ1) is 30.5. The number of ketones is 1. The Kier molecular flexibility index (Phi) is 9.39. The number of hydrogen-bond donors (Lipinski definition) is 2. The van der Waals surface area contributed by atoms with Crippen molar-refractivity contribution in [2.75, 3.05) is 7.11 Å². The highest BCUT2D eigenvalue weighted by Gasteiger charge is 2.73. The van der Waals surface area contributed by atoms with Gasteiger partial charge in [-0.15, -0.1) is 0 Å². The molecule has 1 aromatic carbocycles. The van der Waals surface area contributed by atoms with Crippen molar-refractivity contribution >= 4 is 24.6 Å². The number of rotatable bonds is 13. The van der Waals surface area contributed by atoms with Crippen molar-refractivity contribution in [2.45, 2.75) is 83.3 Å². The van der Waals surface area contributed by atoms with Gasteiger partial charge in [0.05, 0.1) is 24.2 Å². The van der Waals surface area contributed by atoms with E-state index < -0.39 is 40.6 Å². The molecule has 1 heterocycles. The van der Waals surface area contributed by atoms with Crippen LogP contribution in [0.4, 0.5) is 4.79 Å². The number of ether oxygens (including phenoxy) is 3. The van der Waals surface area contributed by atoms with E-state index >= 15 is 0 Å². The number of fused-ring (bicyclic) bond motifs is 1. The SMILES string of the molecule is COC(=O)OC1C([C@H](Cc2ccccc2)NC=O)C(C)C2(C)OC2[C@]1(C)/C=C/CC(C)C(=O)C(C)(O)CC=O. The molecular formula is C30H41NO8. The van der Waals surface area contributed by atoms with Gasteiger partial charge < -0.3 is 29.4 Å². The predicted octanol–water partition coefficient (Wildman–Crippen LogP) is 3.42. The number of nitrogens with one attached hydrogen (secondary N) is 1. The van der Waals surface area contributed by atoms with Crippen molar-refractivity contribution in [1.29, 1.82) is 0 Å². The molecule has 9 atom stereocenters. The zero-order valence-corrected chi connectivity index (χ0v) is 23.6. The van der Waals surface area contributed by atoms with Crippen LogP contribution in [0.25, 0.3) is 0 Å². The van der Waals surface area contributed by atoms with Gasteiger partial charge in [-0.2, -0.15) is 0 Å². The molecule has 0 radical (unpaired) electrons. The Labute approximate surface area is 230 Å². The Morgan fingerprint density at radius 2 is 1.90 bits per heavy atom. The van der Waals surface area contributed by atoms with Crippen LogP contribution in [0.15, 0.2) is 42.5 Å². The molecule has 1 saturated carbocycles. The normalized spacial score (nSPS) is 32.7. The number of methoxy groups -OCH3 is 1. The Hall–Kier alpha value is -3.04. The summed E-state index contributed by atoms with van der Waals surface area (Å²) >= 11 is 0. The van der Waals surface area contributed by atoms with Crippen LogP contribution < -0.4 is 5.32 Å². The summed E-state index contributed by atoms with van der Waals surface area (Å²) in [6.07, 6.45) is 3.67. The van der Waals surface area contributed by atoms with Crippen molar-refractivity contribution in [2.24, 2.45) is 23.2 Å². The number of Topliss-reactive ketones (excluding diaryl/α,β-unsaturated/α-hetero) is 1. The van der Waals surface area contributed by atoms with Crippen LogP contribution in [0.3, 0.4) is 0 Å². The van der Waals surface area contributed by atoms with Crippen molar-refractivity contribution in [3.63, 3.8) is 0 Å². The maximum absolute atomic E-state index is 12.7. The molecule has 1 saturated heterocycles. The van der Waals surface area contributed by atoms with Crippen LogP contribution in [0, 0.1) is 23.2 Å². The van der Waals surface area contributed by atoms with E-state index in [-0.39, 0.29) is 30.4 Å². The van der Waals surface area contributed by atoms with E-state index in [1.165, 1.54) is 14.0 Å². The van der Waals surface area contributed by atoms with Crippen LogP contribution in [-0.4, -0.2) is 66.3 Å². The lowest BCUT2D eigenvalue weighted by atomic mass is 9.58. The van der Waals surface area contributed by atoms with Gasteiger partial charge in [-0.05, 0) is 45.1 Å². The molecule has 0 aromatic heterocycles. The summed E-state index contributed by atoms with van der Waals surface area (Å²) in [4.78, 5) is 47.9. The standard InChI is InChI=1S/C30H41NO8/c1-19(24(34)29(4,36)15-16-32)11-10-14-28(3)25(38-27(35)37-6)23(20(2)30(5)26(28)39-30)22(31-18-33)17-21-12-8-7-9-13-21/h7-10,12-14,16,18-20,22-23,25-26,36H,11,15,17H2,1-6H3,(H,31,33)/b14-10+/t19?,20?,22-,23?,25?,26?,28+,29?,30?/m0/s1. The smallest absolute Gasteiger partial charge is 0.438 e. The molecule has 0 spiro atoms. The molecule has 1 aliphatic carbocycles. The Balaban J connectivity index is 1.96. The number of hydrogen-bond acceptors (Lipinski definition) is 8. The molecule has 7 unspecified atom stereocenters. The second-order valence-electron chi connectivity index (χ2n) is 11.5. The molecule has 2 fully saturated rings. The van der Waals surface area contributed by atoms with Gasteiger partial charge in [0.15, 0.2) is 5.78 Å². The topological polar surface area (TPSA) is 132 Å². The summed E-state index contributed by atoms with van der Waals surface area (Å²) in [6.45, 7) is 9.06. The highest BCUT2D eigenvalue weighted by atomic mass is 16.7. The number of aldehydes is 1. The lowest BCUT2D eigenvalue weighted by Crippen LogP contribution is -2.60. The van der Waals surface area contributed by atoms with E-state index in [1.807, 2.05) is 63.3 Å². The van der Waals surface area contributed by atoms with E-state index in [1.54, 1.807) is 6.92 Å². The van der Waals surface area contributed by atoms with Gasteiger partial charge in [0.2, 0.25) is 6.41 Å². The van der Waals surface area contributed by atoms with Gasteiger partial charge in [0.25, 0.3) is 0 Å². The van der Waals surface area contributed by atoms with Crippen LogP contribution in [0.2, 0.25) is 0 Å². The van der Waals surface area contributed by atoms with E-state index in [9.17, 15) is 24.3 Å². The zero-order valence-electron chi connectivity index (χ0n) is 23.6. The molecule has 214 valence electrons. The van der Waals surface area contributed by atoms with Gasteiger partial charge in [0.1, 0.15) is 18.0 Å². The first-order valence-electron chi connectivity index (χ1n) is 13.4. The number of aliphatic hydroxyl groups is 1. The lowest BCUT2D eigenvalue weighted by Gasteiger charge is -2.48. The van der Waals surface area contributed by atoms with Crippen LogP contribution >= 0.6 is 0 Å². The molecular weight excluding hydrogens is 502 g/mol. The van der Waals surface area contributed by atoms with Gasteiger partial charge in [0, 0.05) is 24.3 Å². The van der Waals surface area contributed by atoms with Gasteiger partial charge in [-0.3, -0.25) is 9.59 Å². The second-order valence-corrected chi connectivity index (χ2v) is 11.5. The Morgan fingerprint density at radius 3 is 2.49 bits per heavy atom. The first-order chi connectivity index (χ1) is 18.4. The lowest BCUT2D eigenvalue weighted by molar-refractivity contribution is -0.141. The Bertz CT molecular complexity index is 1070. The first-order valence-corrected chi connectivity index (χ1v) is 13.4. The van der Waals surface area contributed by atoms with Crippen molar-refractivity contribution in [3.8, 4) is 0 Å². The van der Waals surface area contributed by atoms with E-state index in [2.05, 4.69) is 5.32 Å². The van der Waals surface area contributed by atoms with Crippen molar-refractivity contribution in [3.05, 3.63) is 48.0 Å². The third-order valence-corrected chi connectivity index (χ3v) is 8.71. The summed E-state index contributed by atoms with van der Waals surface area (Å²) in [5.74, 6) is -1.39.